The number of hydrogen-bond acceptors (Lipinski definition) is 1. The van der Waals surface area contributed by atoms with Crippen molar-refractivity contribution in [2.45, 2.75) is 57.9 Å². The predicted octanol–water partition coefficient (Wildman–Crippen LogP) is 4.41. The number of nitrogens with one attached hydrogen (secondary N) is 1. The molecule has 0 amide bonds. The molecule has 0 saturated heterocycles. The lowest BCUT2D eigenvalue weighted by Gasteiger charge is -2.26. The average Bonchev–Trinajstić information content (AvgIpc) is 3.01. The van der Waals surface area contributed by atoms with Crippen LogP contribution in [0.2, 0.25) is 0 Å². The third-order valence-electron chi connectivity index (χ3n) is 5.80. The first-order valence-corrected chi connectivity index (χ1v) is 8.16. The highest BCUT2D eigenvalue weighted by Crippen LogP contribution is 2.49. The first-order valence-electron chi connectivity index (χ1n) is 8.16. The van der Waals surface area contributed by atoms with E-state index in [1.54, 1.807) is 11.1 Å². The zero-order valence-electron chi connectivity index (χ0n) is 12.0. The summed E-state index contributed by atoms with van der Waals surface area (Å²) in [6, 6.07) is 7.83. The zero-order valence-corrected chi connectivity index (χ0v) is 12.0. The molecule has 2 fully saturated rings. The van der Waals surface area contributed by atoms with Gasteiger partial charge in [-0.05, 0) is 80.4 Å². The molecule has 0 spiro atoms. The summed E-state index contributed by atoms with van der Waals surface area (Å²) in [5, 5.41) is 3.61. The van der Waals surface area contributed by atoms with Crippen LogP contribution in [0.3, 0.4) is 0 Å². The van der Waals surface area contributed by atoms with E-state index >= 15 is 0 Å². The van der Waals surface area contributed by atoms with Crippen molar-refractivity contribution >= 4 is 5.69 Å². The van der Waals surface area contributed by atoms with Crippen LogP contribution in [0.15, 0.2) is 18.2 Å². The van der Waals surface area contributed by atoms with E-state index in [9.17, 15) is 0 Å². The summed E-state index contributed by atoms with van der Waals surface area (Å²) in [7, 11) is 0. The molecule has 3 aliphatic rings. The van der Waals surface area contributed by atoms with Gasteiger partial charge in [-0.2, -0.15) is 0 Å². The summed E-state index contributed by atoms with van der Waals surface area (Å²) >= 11 is 0. The highest BCUT2D eigenvalue weighted by Gasteiger charge is 2.39. The summed E-state index contributed by atoms with van der Waals surface area (Å²) in [4.78, 5) is 0. The molecule has 4 rings (SSSR count). The highest BCUT2D eigenvalue weighted by molar-refractivity contribution is 5.55. The van der Waals surface area contributed by atoms with E-state index in [0.717, 1.165) is 17.8 Å². The first kappa shape index (κ1) is 11.8. The minimum absolute atomic E-state index is 0.643. The van der Waals surface area contributed by atoms with E-state index in [2.05, 4.69) is 30.4 Å². The van der Waals surface area contributed by atoms with Crippen molar-refractivity contribution < 1.29 is 0 Å². The van der Waals surface area contributed by atoms with E-state index in [0.29, 0.717) is 6.04 Å². The quantitative estimate of drug-likeness (QED) is 0.825. The maximum Gasteiger partial charge on any atom is 0.0374 e. The van der Waals surface area contributed by atoms with E-state index in [-0.39, 0.29) is 0 Å². The number of anilines is 1. The molecular formula is C18H25N. The molecular weight excluding hydrogens is 230 g/mol. The minimum atomic E-state index is 0.643. The fourth-order valence-corrected chi connectivity index (χ4v) is 4.76. The molecule has 1 aliphatic heterocycles. The molecule has 19 heavy (non-hydrogen) atoms. The van der Waals surface area contributed by atoms with E-state index in [1.165, 1.54) is 50.6 Å². The van der Waals surface area contributed by atoms with Crippen molar-refractivity contribution in [2.24, 2.45) is 17.8 Å². The van der Waals surface area contributed by atoms with Crippen LogP contribution in [0.4, 0.5) is 5.69 Å². The molecule has 4 unspecified atom stereocenters. The van der Waals surface area contributed by atoms with Crippen LogP contribution >= 0.6 is 0 Å². The van der Waals surface area contributed by atoms with Gasteiger partial charge < -0.3 is 5.32 Å². The topological polar surface area (TPSA) is 12.0 Å². The molecule has 1 nitrogen and oxygen atoms in total. The summed E-state index contributed by atoms with van der Waals surface area (Å²) in [6.45, 7) is 2.28. The van der Waals surface area contributed by atoms with Crippen molar-refractivity contribution in [1.82, 2.24) is 0 Å². The van der Waals surface area contributed by atoms with E-state index < -0.39 is 0 Å². The molecule has 1 N–H and O–H groups in total. The van der Waals surface area contributed by atoms with Gasteiger partial charge in [-0.1, -0.05) is 18.6 Å². The second-order valence-electron chi connectivity index (χ2n) is 7.21. The van der Waals surface area contributed by atoms with Crippen LogP contribution in [-0.4, -0.2) is 6.04 Å². The molecule has 0 aromatic heterocycles. The Hall–Kier alpha value is -0.980. The Bertz CT molecular complexity index is 479. The van der Waals surface area contributed by atoms with Crippen molar-refractivity contribution in [3.63, 3.8) is 0 Å². The van der Waals surface area contributed by atoms with Gasteiger partial charge in [0, 0.05) is 11.7 Å². The van der Waals surface area contributed by atoms with Gasteiger partial charge in [0.05, 0.1) is 0 Å². The van der Waals surface area contributed by atoms with Gasteiger partial charge in [0.25, 0.3) is 0 Å². The molecule has 1 aromatic rings. The molecule has 2 bridgehead atoms. The Balaban J connectivity index is 1.50. The van der Waals surface area contributed by atoms with Gasteiger partial charge >= 0.3 is 0 Å². The van der Waals surface area contributed by atoms with Gasteiger partial charge in [0.15, 0.2) is 0 Å². The zero-order chi connectivity index (χ0) is 12.8. The Morgan fingerprint density at radius 3 is 2.89 bits per heavy atom. The van der Waals surface area contributed by atoms with Crippen LogP contribution in [0, 0.1) is 17.8 Å². The second kappa shape index (κ2) is 4.54. The number of fused-ring (bicyclic) bond motifs is 3. The first-order chi connectivity index (χ1) is 9.28. The lowest BCUT2D eigenvalue weighted by atomic mass is 9.83. The predicted molar refractivity (Wildman–Crippen MR) is 80.5 cm³/mol. The third kappa shape index (κ3) is 2.17. The number of aryl methyl sites for hydroxylation is 1. The number of hydrogen-bond donors (Lipinski definition) is 1. The average molecular weight is 255 g/mol. The number of rotatable bonds is 2. The van der Waals surface area contributed by atoms with Gasteiger partial charge in [0.1, 0.15) is 0 Å². The fourth-order valence-electron chi connectivity index (χ4n) is 4.76. The van der Waals surface area contributed by atoms with Gasteiger partial charge in [-0.15, -0.1) is 0 Å². The maximum absolute atomic E-state index is 3.61. The van der Waals surface area contributed by atoms with Crippen LogP contribution in [0.1, 0.15) is 50.2 Å². The Morgan fingerprint density at radius 1 is 1.16 bits per heavy atom. The van der Waals surface area contributed by atoms with Crippen molar-refractivity contribution in [3.05, 3.63) is 29.3 Å². The monoisotopic (exact) mass is 255 g/mol. The van der Waals surface area contributed by atoms with Crippen molar-refractivity contribution in [3.8, 4) is 0 Å². The summed E-state index contributed by atoms with van der Waals surface area (Å²) < 4.78 is 0. The minimum Gasteiger partial charge on any atom is -0.382 e. The van der Waals surface area contributed by atoms with Crippen LogP contribution in [0.25, 0.3) is 0 Å². The van der Waals surface area contributed by atoms with Gasteiger partial charge in [-0.3, -0.25) is 0 Å². The molecule has 2 saturated carbocycles. The molecule has 1 heteroatoms. The Labute approximate surface area is 116 Å². The van der Waals surface area contributed by atoms with Crippen molar-refractivity contribution in [1.29, 1.82) is 0 Å². The standard InChI is InChI=1S/C18H25N/c1-12-2-5-16-9-14(4-7-18(16)19-12)11-17-10-13-3-6-15(17)8-13/h4,7,9,12-13,15,17,19H,2-3,5-6,8,10-11H2,1H3. The summed E-state index contributed by atoms with van der Waals surface area (Å²) in [5.41, 5.74) is 4.53. The van der Waals surface area contributed by atoms with E-state index in [4.69, 9.17) is 0 Å². The van der Waals surface area contributed by atoms with Crippen LogP contribution < -0.4 is 5.32 Å². The van der Waals surface area contributed by atoms with E-state index in [1.807, 2.05) is 0 Å². The summed E-state index contributed by atoms with van der Waals surface area (Å²) in [5.74, 6) is 3.13. The van der Waals surface area contributed by atoms with Gasteiger partial charge in [0.2, 0.25) is 0 Å². The lowest BCUT2D eigenvalue weighted by molar-refractivity contribution is 0.331. The molecule has 102 valence electrons. The smallest absolute Gasteiger partial charge is 0.0374 e. The SMILES string of the molecule is CC1CCc2cc(CC3CC4CCC3C4)ccc2N1. The maximum atomic E-state index is 3.61. The normalized spacial score (nSPS) is 36.1. The van der Waals surface area contributed by atoms with Gasteiger partial charge in [-0.25, -0.2) is 0 Å². The largest absolute Gasteiger partial charge is 0.382 e. The fraction of sp³-hybridized carbons (Fsp3) is 0.667. The number of benzene rings is 1. The second-order valence-corrected chi connectivity index (χ2v) is 7.21. The molecule has 1 aromatic carbocycles. The summed E-state index contributed by atoms with van der Waals surface area (Å²) in [6.07, 6.45) is 9.96. The third-order valence-corrected chi connectivity index (χ3v) is 5.80. The highest BCUT2D eigenvalue weighted by atomic mass is 14.9. The molecule has 0 radical (unpaired) electrons. The van der Waals surface area contributed by atoms with Crippen LogP contribution in [0.5, 0.6) is 0 Å². The molecule has 1 heterocycles. The van der Waals surface area contributed by atoms with Crippen molar-refractivity contribution in [2.75, 3.05) is 5.32 Å². The molecule has 4 atom stereocenters. The lowest BCUT2D eigenvalue weighted by Crippen LogP contribution is -2.22. The Kier molecular flexibility index (Phi) is 2.82. The Morgan fingerprint density at radius 2 is 2.11 bits per heavy atom. The van der Waals surface area contributed by atoms with Crippen LogP contribution in [-0.2, 0) is 12.8 Å². The molecule has 2 aliphatic carbocycles.